The van der Waals surface area contributed by atoms with Gasteiger partial charge in [-0.25, -0.2) is 9.78 Å². The highest BCUT2D eigenvalue weighted by Crippen LogP contribution is 2.34. The van der Waals surface area contributed by atoms with Crippen LogP contribution in [0.2, 0.25) is 0 Å². The molecule has 0 saturated carbocycles. The van der Waals surface area contributed by atoms with Crippen molar-refractivity contribution < 1.29 is 19.1 Å². The van der Waals surface area contributed by atoms with Crippen LogP contribution in [0.3, 0.4) is 0 Å². The normalized spacial score (nSPS) is 11.8. The van der Waals surface area contributed by atoms with Crippen LogP contribution >= 0.6 is 11.8 Å². The molecule has 5 nitrogen and oxygen atoms in total. The largest absolute Gasteiger partial charge is 0.493 e. The maximum Gasteiger partial charge on any atom is 0.342 e. The second-order valence-electron chi connectivity index (χ2n) is 5.99. The monoisotopic (exact) mass is 391 g/mol. The Kier molecular flexibility index (Phi) is 5.04. The number of rotatable bonds is 6. The van der Waals surface area contributed by atoms with E-state index in [1.54, 1.807) is 12.1 Å². The van der Waals surface area contributed by atoms with Crippen molar-refractivity contribution in [3.8, 4) is 5.75 Å². The van der Waals surface area contributed by atoms with Crippen LogP contribution in [0, 0.1) is 0 Å². The second-order valence-corrected chi connectivity index (χ2v) is 6.99. The Morgan fingerprint density at radius 2 is 1.86 bits per heavy atom. The molecule has 0 spiro atoms. The van der Waals surface area contributed by atoms with Crippen LogP contribution in [0.5, 0.6) is 5.75 Å². The fourth-order valence-electron chi connectivity index (χ4n) is 2.97. The van der Waals surface area contributed by atoms with E-state index < -0.39 is 5.97 Å². The van der Waals surface area contributed by atoms with Crippen molar-refractivity contribution in [1.82, 2.24) is 4.98 Å². The van der Waals surface area contributed by atoms with Gasteiger partial charge in [-0.1, -0.05) is 42.5 Å². The van der Waals surface area contributed by atoms with Crippen LogP contribution in [-0.4, -0.2) is 22.7 Å². The highest BCUT2D eigenvalue weighted by atomic mass is 32.2. The first-order chi connectivity index (χ1) is 13.7. The first-order valence-electron chi connectivity index (χ1n) is 8.78. The fourth-order valence-corrected chi connectivity index (χ4v) is 3.70. The van der Waals surface area contributed by atoms with Crippen LogP contribution in [0.1, 0.15) is 12.5 Å². The number of para-hydroxylation sites is 2. The second kappa shape index (κ2) is 7.78. The summed E-state index contributed by atoms with van der Waals surface area (Å²) in [6.07, 6.45) is 1.64. The van der Waals surface area contributed by atoms with Crippen molar-refractivity contribution in [2.45, 2.75) is 12.1 Å². The molecule has 0 aliphatic heterocycles. The third kappa shape index (κ3) is 3.59. The molecule has 140 valence electrons. The molecular formula is C22H17NO4S. The zero-order valence-corrected chi connectivity index (χ0v) is 15.9. The Morgan fingerprint density at radius 1 is 1.11 bits per heavy atom. The summed E-state index contributed by atoms with van der Waals surface area (Å²) in [6, 6.07) is 18.8. The first-order valence-corrected chi connectivity index (χ1v) is 9.60. The number of hydrogen-bond donors (Lipinski definition) is 1. The molecule has 1 heterocycles. The Bertz CT molecular complexity index is 1160. The Labute approximate surface area is 165 Å². The minimum Gasteiger partial charge on any atom is -0.493 e. The van der Waals surface area contributed by atoms with Gasteiger partial charge in [-0.3, -0.25) is 0 Å². The Hall–Kier alpha value is -3.25. The van der Waals surface area contributed by atoms with E-state index >= 15 is 0 Å². The molecular weight excluding hydrogens is 374 g/mol. The average Bonchev–Trinajstić information content (AvgIpc) is 3.11. The summed E-state index contributed by atoms with van der Waals surface area (Å²) in [4.78, 5) is 16.3. The molecule has 0 aliphatic carbocycles. The van der Waals surface area contributed by atoms with Gasteiger partial charge in [-0.2, -0.15) is 0 Å². The number of nitrogens with zero attached hydrogens (tertiary/aromatic N) is 1. The number of oxazole rings is 1. The quantitative estimate of drug-likeness (QED) is 0.341. The average molecular weight is 391 g/mol. The smallest absolute Gasteiger partial charge is 0.342 e. The predicted octanol–water partition coefficient (Wildman–Crippen LogP) is 5.60. The van der Waals surface area contributed by atoms with Crippen molar-refractivity contribution in [2.24, 2.45) is 0 Å². The molecule has 0 atom stereocenters. The molecule has 0 aliphatic rings. The summed E-state index contributed by atoms with van der Waals surface area (Å²) in [7, 11) is 0. The van der Waals surface area contributed by atoms with Crippen molar-refractivity contribution in [3.63, 3.8) is 0 Å². The lowest BCUT2D eigenvalue weighted by Crippen LogP contribution is -1.97. The van der Waals surface area contributed by atoms with E-state index in [2.05, 4.69) is 4.98 Å². The first kappa shape index (κ1) is 18.1. The molecule has 3 aromatic carbocycles. The number of carboxylic acids is 1. The van der Waals surface area contributed by atoms with E-state index in [0.29, 0.717) is 22.9 Å². The summed E-state index contributed by atoms with van der Waals surface area (Å²) in [5.41, 5.74) is 2.11. The standard InChI is InChI=1S/C22H17NO4S/c1-2-26-18-12-11-14(15-7-3-4-8-16(15)18)13-20(21(24)25)28-22-23-17-9-5-6-10-19(17)27-22/h3-13H,2H2,1H3,(H,24,25)/b20-13-. The van der Waals surface area contributed by atoms with Crippen LogP contribution < -0.4 is 4.74 Å². The van der Waals surface area contributed by atoms with Crippen molar-refractivity contribution >= 4 is 45.7 Å². The lowest BCUT2D eigenvalue weighted by atomic mass is 10.0. The van der Waals surface area contributed by atoms with Gasteiger partial charge in [0.2, 0.25) is 0 Å². The number of carboxylic acid groups (broad SMARTS) is 1. The van der Waals surface area contributed by atoms with E-state index in [9.17, 15) is 9.90 Å². The lowest BCUT2D eigenvalue weighted by Gasteiger charge is -2.10. The molecule has 4 rings (SSSR count). The number of benzene rings is 3. The maximum atomic E-state index is 11.8. The van der Waals surface area contributed by atoms with Crippen LogP contribution in [-0.2, 0) is 4.79 Å². The molecule has 0 amide bonds. The van der Waals surface area contributed by atoms with E-state index in [-0.39, 0.29) is 4.91 Å². The van der Waals surface area contributed by atoms with Gasteiger partial charge in [0, 0.05) is 5.39 Å². The van der Waals surface area contributed by atoms with Gasteiger partial charge in [0.1, 0.15) is 16.2 Å². The zero-order chi connectivity index (χ0) is 19.5. The van der Waals surface area contributed by atoms with Gasteiger partial charge in [0.15, 0.2) is 5.58 Å². The SMILES string of the molecule is CCOc1ccc(/C=C(\Sc2nc3ccccc3o2)C(=O)O)c2ccccc12. The maximum absolute atomic E-state index is 11.8. The Morgan fingerprint density at radius 3 is 2.61 bits per heavy atom. The number of ether oxygens (including phenoxy) is 1. The van der Waals surface area contributed by atoms with E-state index in [1.807, 2.05) is 61.5 Å². The molecule has 0 unspecified atom stereocenters. The summed E-state index contributed by atoms with van der Waals surface area (Å²) in [5, 5.41) is 11.9. The van der Waals surface area contributed by atoms with Gasteiger partial charge in [-0.15, -0.1) is 0 Å². The number of aromatic nitrogens is 1. The molecule has 1 aromatic heterocycles. The number of aliphatic carboxylic acids is 1. The van der Waals surface area contributed by atoms with Gasteiger partial charge < -0.3 is 14.3 Å². The minimum atomic E-state index is -1.04. The summed E-state index contributed by atoms with van der Waals surface area (Å²) >= 11 is 0.993. The summed E-state index contributed by atoms with van der Waals surface area (Å²) in [5.74, 6) is -0.260. The van der Waals surface area contributed by atoms with Gasteiger partial charge in [0.25, 0.3) is 5.22 Å². The number of thioether (sulfide) groups is 1. The zero-order valence-electron chi connectivity index (χ0n) is 15.1. The van der Waals surface area contributed by atoms with E-state index in [1.165, 1.54) is 0 Å². The topological polar surface area (TPSA) is 72.6 Å². The lowest BCUT2D eigenvalue weighted by molar-refractivity contribution is -0.131. The minimum absolute atomic E-state index is 0.126. The molecule has 0 radical (unpaired) electrons. The van der Waals surface area contributed by atoms with Gasteiger partial charge in [-0.05, 0) is 53.9 Å². The van der Waals surface area contributed by atoms with E-state index in [4.69, 9.17) is 9.15 Å². The number of hydrogen-bond acceptors (Lipinski definition) is 5. The van der Waals surface area contributed by atoms with Crippen molar-refractivity contribution in [3.05, 3.63) is 71.1 Å². The van der Waals surface area contributed by atoms with Crippen LogP contribution in [0.4, 0.5) is 0 Å². The third-order valence-electron chi connectivity index (χ3n) is 4.19. The van der Waals surface area contributed by atoms with E-state index in [0.717, 1.165) is 33.8 Å². The van der Waals surface area contributed by atoms with Crippen molar-refractivity contribution in [2.75, 3.05) is 6.61 Å². The fraction of sp³-hybridized carbons (Fsp3) is 0.0909. The molecule has 0 bridgehead atoms. The van der Waals surface area contributed by atoms with Crippen LogP contribution in [0.15, 0.2) is 75.2 Å². The molecule has 1 N–H and O–H groups in total. The summed E-state index contributed by atoms with van der Waals surface area (Å²) in [6.45, 7) is 2.50. The van der Waals surface area contributed by atoms with Crippen LogP contribution in [0.25, 0.3) is 27.9 Å². The molecule has 0 saturated heterocycles. The van der Waals surface area contributed by atoms with Crippen molar-refractivity contribution in [1.29, 1.82) is 0 Å². The van der Waals surface area contributed by atoms with Gasteiger partial charge in [0.05, 0.1) is 6.61 Å². The van der Waals surface area contributed by atoms with Gasteiger partial charge >= 0.3 is 5.97 Å². The summed E-state index contributed by atoms with van der Waals surface area (Å²) < 4.78 is 11.3. The number of carbonyl (C=O) groups is 1. The predicted molar refractivity (Wildman–Crippen MR) is 111 cm³/mol. The number of fused-ring (bicyclic) bond motifs is 2. The molecule has 6 heteroatoms. The molecule has 28 heavy (non-hydrogen) atoms. The molecule has 4 aromatic rings. The molecule has 0 fully saturated rings. The highest BCUT2D eigenvalue weighted by Gasteiger charge is 2.16. The highest BCUT2D eigenvalue weighted by molar-refractivity contribution is 8.03. The Balaban J connectivity index is 1.76. The third-order valence-corrected chi connectivity index (χ3v) is 5.05.